The van der Waals surface area contributed by atoms with E-state index in [-0.39, 0.29) is 5.91 Å². The lowest BCUT2D eigenvalue weighted by Gasteiger charge is -2.17. The van der Waals surface area contributed by atoms with Gasteiger partial charge in [-0.3, -0.25) is 4.79 Å². The molecule has 0 saturated carbocycles. The normalized spacial score (nSPS) is 10.7. The van der Waals surface area contributed by atoms with Crippen LogP contribution >= 0.6 is 0 Å². The van der Waals surface area contributed by atoms with E-state index in [0.717, 1.165) is 22.9 Å². The molecule has 0 aliphatic rings. The number of amides is 1. The number of likely N-dealkylation sites (N-methyl/N-ethyl adjacent to an activating group) is 1. The molecule has 0 unspecified atom stereocenters. The quantitative estimate of drug-likeness (QED) is 0.779. The molecule has 3 rings (SSSR count). The number of carbonyl (C=O) groups excluding carboxylic acids is 1. The number of benzene rings is 2. The molecule has 1 N–H and O–H groups in total. The van der Waals surface area contributed by atoms with Crippen LogP contribution in [0.3, 0.4) is 0 Å². The molecule has 3 heteroatoms. The third-order valence-electron chi connectivity index (χ3n) is 3.75. The van der Waals surface area contributed by atoms with Crippen molar-refractivity contribution in [3.05, 3.63) is 71.9 Å². The van der Waals surface area contributed by atoms with Gasteiger partial charge >= 0.3 is 0 Å². The number of aromatic nitrogens is 1. The van der Waals surface area contributed by atoms with E-state index in [9.17, 15) is 4.79 Å². The molecule has 0 saturated heterocycles. The standard InChI is InChI=1S/C18H18N2O/c1-20(13-11-14-6-3-2-4-7-14)18(21)16-8-5-9-17-15(16)10-12-19-17/h2-10,12,19H,11,13H2,1H3. The Morgan fingerprint density at radius 3 is 2.67 bits per heavy atom. The van der Waals surface area contributed by atoms with Gasteiger partial charge in [-0.1, -0.05) is 36.4 Å². The molecule has 0 radical (unpaired) electrons. The second kappa shape index (κ2) is 5.83. The largest absolute Gasteiger partial charge is 0.361 e. The summed E-state index contributed by atoms with van der Waals surface area (Å²) in [6.07, 6.45) is 2.73. The summed E-state index contributed by atoms with van der Waals surface area (Å²) in [5.41, 5.74) is 3.00. The Morgan fingerprint density at radius 1 is 1.05 bits per heavy atom. The number of carbonyl (C=O) groups is 1. The highest BCUT2D eigenvalue weighted by atomic mass is 16.2. The zero-order valence-electron chi connectivity index (χ0n) is 12.0. The number of H-pyrrole nitrogens is 1. The Hall–Kier alpha value is -2.55. The maximum atomic E-state index is 12.6. The number of hydrogen-bond donors (Lipinski definition) is 1. The molecule has 3 aromatic rings. The summed E-state index contributed by atoms with van der Waals surface area (Å²) in [5, 5.41) is 0.981. The molecule has 1 heterocycles. The molecule has 106 valence electrons. The summed E-state index contributed by atoms with van der Waals surface area (Å²) in [5.74, 6) is 0.0659. The summed E-state index contributed by atoms with van der Waals surface area (Å²) >= 11 is 0. The first-order valence-electron chi connectivity index (χ1n) is 7.11. The van der Waals surface area contributed by atoms with Gasteiger partial charge < -0.3 is 9.88 Å². The molecule has 2 aromatic carbocycles. The number of nitrogens with one attached hydrogen (secondary N) is 1. The molecule has 0 bridgehead atoms. The summed E-state index contributed by atoms with van der Waals surface area (Å²) < 4.78 is 0. The summed E-state index contributed by atoms with van der Waals surface area (Å²) in [7, 11) is 1.86. The third-order valence-corrected chi connectivity index (χ3v) is 3.75. The van der Waals surface area contributed by atoms with Gasteiger partial charge in [-0.05, 0) is 30.2 Å². The Labute approximate surface area is 124 Å². The second-order valence-electron chi connectivity index (χ2n) is 5.21. The van der Waals surface area contributed by atoms with E-state index in [1.54, 1.807) is 4.90 Å². The molecule has 3 nitrogen and oxygen atoms in total. The van der Waals surface area contributed by atoms with E-state index >= 15 is 0 Å². The molecule has 1 aromatic heterocycles. The van der Waals surface area contributed by atoms with Gasteiger partial charge in [0.05, 0.1) is 0 Å². The van der Waals surface area contributed by atoms with Crippen molar-refractivity contribution in [1.29, 1.82) is 0 Å². The van der Waals surface area contributed by atoms with Crippen molar-refractivity contribution in [2.75, 3.05) is 13.6 Å². The highest BCUT2D eigenvalue weighted by Crippen LogP contribution is 2.18. The number of rotatable bonds is 4. The number of fused-ring (bicyclic) bond motifs is 1. The molecule has 0 aliphatic heterocycles. The van der Waals surface area contributed by atoms with Gasteiger partial charge in [0.1, 0.15) is 0 Å². The van der Waals surface area contributed by atoms with Crippen LogP contribution in [0.25, 0.3) is 10.9 Å². The fourth-order valence-electron chi connectivity index (χ4n) is 2.52. The minimum absolute atomic E-state index is 0.0659. The number of aromatic amines is 1. The number of nitrogens with zero attached hydrogens (tertiary/aromatic N) is 1. The van der Waals surface area contributed by atoms with Crippen LogP contribution in [0, 0.1) is 0 Å². The maximum Gasteiger partial charge on any atom is 0.254 e. The summed E-state index contributed by atoms with van der Waals surface area (Å²) in [6.45, 7) is 0.712. The highest BCUT2D eigenvalue weighted by Gasteiger charge is 2.14. The van der Waals surface area contributed by atoms with Crippen molar-refractivity contribution in [3.8, 4) is 0 Å². The van der Waals surface area contributed by atoms with Crippen molar-refractivity contribution < 1.29 is 4.79 Å². The van der Waals surface area contributed by atoms with E-state index in [0.29, 0.717) is 6.54 Å². The predicted octanol–water partition coefficient (Wildman–Crippen LogP) is 3.48. The topological polar surface area (TPSA) is 36.1 Å². The molecular formula is C18H18N2O. The van der Waals surface area contributed by atoms with Gasteiger partial charge in [0.25, 0.3) is 5.91 Å². The van der Waals surface area contributed by atoms with Crippen molar-refractivity contribution in [3.63, 3.8) is 0 Å². The SMILES string of the molecule is CN(CCc1ccccc1)C(=O)c1cccc2[nH]ccc12. The summed E-state index contributed by atoms with van der Waals surface area (Å²) in [6, 6.07) is 18.0. The molecule has 0 spiro atoms. The maximum absolute atomic E-state index is 12.6. The average molecular weight is 278 g/mol. The Bertz CT molecular complexity index is 746. The fourth-order valence-corrected chi connectivity index (χ4v) is 2.52. The highest BCUT2D eigenvalue weighted by molar-refractivity contribution is 6.06. The van der Waals surface area contributed by atoms with Gasteiger partial charge in [0.2, 0.25) is 0 Å². The minimum atomic E-state index is 0.0659. The van der Waals surface area contributed by atoms with Crippen LogP contribution in [-0.4, -0.2) is 29.4 Å². The van der Waals surface area contributed by atoms with E-state index in [1.165, 1.54) is 5.56 Å². The Kier molecular flexibility index (Phi) is 3.73. The van der Waals surface area contributed by atoms with Gasteiger partial charge in [-0.25, -0.2) is 0 Å². The summed E-state index contributed by atoms with van der Waals surface area (Å²) in [4.78, 5) is 17.5. The molecular weight excluding hydrogens is 260 g/mol. The zero-order chi connectivity index (χ0) is 14.7. The van der Waals surface area contributed by atoms with Gasteiger partial charge in [0.15, 0.2) is 0 Å². The van der Waals surface area contributed by atoms with Crippen molar-refractivity contribution in [1.82, 2.24) is 9.88 Å². The van der Waals surface area contributed by atoms with E-state index in [2.05, 4.69) is 17.1 Å². The van der Waals surface area contributed by atoms with Crippen LogP contribution in [0.2, 0.25) is 0 Å². The molecule has 1 amide bonds. The molecule has 0 atom stereocenters. The average Bonchev–Trinajstić information content (AvgIpc) is 3.01. The smallest absolute Gasteiger partial charge is 0.254 e. The van der Waals surface area contributed by atoms with Crippen LogP contribution in [0.5, 0.6) is 0 Å². The lowest BCUT2D eigenvalue weighted by atomic mass is 10.1. The Morgan fingerprint density at radius 2 is 1.86 bits per heavy atom. The van der Waals surface area contributed by atoms with Crippen molar-refractivity contribution in [2.24, 2.45) is 0 Å². The van der Waals surface area contributed by atoms with Crippen molar-refractivity contribution in [2.45, 2.75) is 6.42 Å². The second-order valence-corrected chi connectivity index (χ2v) is 5.21. The predicted molar refractivity (Wildman–Crippen MR) is 85.4 cm³/mol. The first kappa shape index (κ1) is 13.4. The third kappa shape index (κ3) is 2.82. The van der Waals surface area contributed by atoms with Crippen LogP contribution in [-0.2, 0) is 6.42 Å². The number of hydrogen-bond acceptors (Lipinski definition) is 1. The van der Waals surface area contributed by atoms with Crippen LogP contribution in [0.15, 0.2) is 60.8 Å². The van der Waals surface area contributed by atoms with Gasteiger partial charge in [0, 0.05) is 36.3 Å². The lowest BCUT2D eigenvalue weighted by Crippen LogP contribution is -2.28. The fraction of sp³-hybridized carbons (Fsp3) is 0.167. The minimum Gasteiger partial charge on any atom is -0.361 e. The van der Waals surface area contributed by atoms with Crippen LogP contribution in [0.1, 0.15) is 15.9 Å². The van der Waals surface area contributed by atoms with E-state index < -0.39 is 0 Å². The monoisotopic (exact) mass is 278 g/mol. The van der Waals surface area contributed by atoms with Crippen LogP contribution in [0.4, 0.5) is 0 Å². The Balaban J connectivity index is 1.74. The first-order valence-corrected chi connectivity index (χ1v) is 7.11. The van der Waals surface area contributed by atoms with Gasteiger partial charge in [-0.2, -0.15) is 0 Å². The molecule has 0 aliphatic carbocycles. The van der Waals surface area contributed by atoms with Crippen molar-refractivity contribution >= 4 is 16.8 Å². The van der Waals surface area contributed by atoms with Crippen LogP contribution < -0.4 is 0 Å². The first-order chi connectivity index (χ1) is 10.3. The molecule has 21 heavy (non-hydrogen) atoms. The van der Waals surface area contributed by atoms with Gasteiger partial charge in [-0.15, -0.1) is 0 Å². The van der Waals surface area contributed by atoms with E-state index in [4.69, 9.17) is 0 Å². The lowest BCUT2D eigenvalue weighted by molar-refractivity contribution is 0.0798. The molecule has 0 fully saturated rings. The zero-order valence-corrected chi connectivity index (χ0v) is 12.0. The van der Waals surface area contributed by atoms with E-state index in [1.807, 2.05) is 55.7 Å².